The molecule has 0 heterocycles. The third-order valence-corrected chi connectivity index (χ3v) is 1.98. The number of hydrogen-bond donors (Lipinski definition) is 2. The molecule has 0 spiro atoms. The van der Waals surface area contributed by atoms with Crippen molar-refractivity contribution in [1.29, 1.82) is 0 Å². The number of rotatable bonds is 3. The molecule has 3 nitrogen and oxygen atoms in total. The van der Waals surface area contributed by atoms with Crippen molar-refractivity contribution in [1.82, 2.24) is 5.32 Å². The molecule has 1 unspecified atom stereocenters. The Morgan fingerprint density at radius 1 is 1.38 bits per heavy atom. The summed E-state index contributed by atoms with van der Waals surface area (Å²) in [5, 5.41) is 2.29. The molecule has 1 aromatic rings. The summed E-state index contributed by atoms with van der Waals surface area (Å²) in [7, 11) is 0. The number of carbonyl (C=O) groups excluding carboxylic acids is 1. The van der Waals surface area contributed by atoms with Gasteiger partial charge in [0.05, 0.1) is 6.04 Å². The molecule has 0 aliphatic heterocycles. The first-order chi connectivity index (χ1) is 7.43. The Bertz CT molecular complexity index is 407. The number of nitrogens with two attached hydrogens (primary N) is 1. The highest BCUT2D eigenvalue weighted by Crippen LogP contribution is 2.14. The molecular formula is C10H11F3N2O. The van der Waals surface area contributed by atoms with Gasteiger partial charge in [-0.15, -0.1) is 0 Å². The number of halogens is 3. The quantitative estimate of drug-likeness (QED) is 0.766. The molecule has 16 heavy (non-hydrogen) atoms. The first kappa shape index (κ1) is 12.5. The first-order valence-electron chi connectivity index (χ1n) is 4.59. The summed E-state index contributed by atoms with van der Waals surface area (Å²) < 4.78 is 38.5. The van der Waals surface area contributed by atoms with Crippen LogP contribution in [0.25, 0.3) is 0 Å². The van der Waals surface area contributed by atoms with Crippen LogP contribution in [-0.4, -0.2) is 11.9 Å². The van der Waals surface area contributed by atoms with Crippen LogP contribution in [0, 0.1) is 17.5 Å². The number of carbonyl (C=O) groups is 1. The van der Waals surface area contributed by atoms with Crippen LogP contribution < -0.4 is 11.1 Å². The Hall–Kier alpha value is -1.56. The number of amides is 1. The van der Waals surface area contributed by atoms with Crippen molar-refractivity contribution < 1.29 is 18.0 Å². The Kier molecular flexibility index (Phi) is 3.89. The van der Waals surface area contributed by atoms with E-state index in [4.69, 9.17) is 5.73 Å². The Morgan fingerprint density at radius 2 is 2.00 bits per heavy atom. The topological polar surface area (TPSA) is 55.1 Å². The zero-order chi connectivity index (χ0) is 12.3. The lowest BCUT2D eigenvalue weighted by Crippen LogP contribution is -2.38. The van der Waals surface area contributed by atoms with Gasteiger partial charge in [-0.3, -0.25) is 4.79 Å². The van der Waals surface area contributed by atoms with E-state index >= 15 is 0 Å². The van der Waals surface area contributed by atoms with Crippen molar-refractivity contribution in [3.05, 3.63) is 35.1 Å². The molecule has 6 heteroatoms. The Balaban J connectivity index is 2.76. The minimum atomic E-state index is -1.55. The van der Waals surface area contributed by atoms with Crippen LogP contribution in [0.2, 0.25) is 0 Å². The lowest BCUT2D eigenvalue weighted by molar-refractivity contribution is -0.122. The summed E-state index contributed by atoms with van der Waals surface area (Å²) in [5.41, 5.74) is 5.12. The molecule has 1 rings (SSSR count). The van der Waals surface area contributed by atoms with E-state index in [1.165, 1.54) is 6.92 Å². The second-order valence-corrected chi connectivity index (χ2v) is 3.34. The smallest absolute Gasteiger partial charge is 0.236 e. The molecule has 0 aliphatic carbocycles. The van der Waals surface area contributed by atoms with Crippen molar-refractivity contribution >= 4 is 5.91 Å². The third kappa shape index (κ3) is 2.73. The molecule has 0 saturated carbocycles. The highest BCUT2D eigenvalue weighted by Gasteiger charge is 2.14. The molecule has 0 aromatic heterocycles. The van der Waals surface area contributed by atoms with Gasteiger partial charge in [0.15, 0.2) is 17.5 Å². The average Bonchev–Trinajstić information content (AvgIpc) is 2.24. The zero-order valence-corrected chi connectivity index (χ0v) is 8.56. The van der Waals surface area contributed by atoms with Gasteiger partial charge in [-0.1, -0.05) is 6.07 Å². The van der Waals surface area contributed by atoms with E-state index in [-0.39, 0.29) is 12.1 Å². The predicted octanol–water partition coefficient (Wildman–Crippen LogP) is 1.07. The summed E-state index contributed by atoms with van der Waals surface area (Å²) >= 11 is 0. The van der Waals surface area contributed by atoms with E-state index in [1.807, 2.05) is 0 Å². The van der Waals surface area contributed by atoms with Gasteiger partial charge in [-0.2, -0.15) is 0 Å². The lowest BCUT2D eigenvalue weighted by atomic mass is 10.2. The fourth-order valence-electron chi connectivity index (χ4n) is 1.05. The molecule has 0 aliphatic rings. The number of nitrogens with one attached hydrogen (secondary N) is 1. The molecule has 88 valence electrons. The van der Waals surface area contributed by atoms with E-state index in [0.29, 0.717) is 0 Å². The zero-order valence-electron chi connectivity index (χ0n) is 8.56. The van der Waals surface area contributed by atoms with Crippen molar-refractivity contribution in [2.45, 2.75) is 19.5 Å². The summed E-state index contributed by atoms with van der Waals surface area (Å²) in [4.78, 5) is 11.1. The van der Waals surface area contributed by atoms with Crippen LogP contribution >= 0.6 is 0 Å². The van der Waals surface area contributed by atoms with Gasteiger partial charge in [0.1, 0.15) is 0 Å². The van der Waals surface area contributed by atoms with Gasteiger partial charge in [-0.05, 0) is 13.0 Å². The second-order valence-electron chi connectivity index (χ2n) is 3.34. The third-order valence-electron chi connectivity index (χ3n) is 1.98. The van der Waals surface area contributed by atoms with E-state index in [9.17, 15) is 18.0 Å². The molecule has 1 amide bonds. The fourth-order valence-corrected chi connectivity index (χ4v) is 1.05. The van der Waals surface area contributed by atoms with Crippen LogP contribution in [-0.2, 0) is 11.3 Å². The largest absolute Gasteiger partial charge is 0.351 e. The number of hydrogen-bond acceptors (Lipinski definition) is 2. The summed E-state index contributed by atoms with van der Waals surface area (Å²) in [6.45, 7) is 1.22. The van der Waals surface area contributed by atoms with E-state index < -0.39 is 29.4 Å². The van der Waals surface area contributed by atoms with Crippen molar-refractivity contribution in [3.63, 3.8) is 0 Å². The SMILES string of the molecule is CC(N)C(=O)NCc1ccc(F)c(F)c1F. The summed E-state index contributed by atoms with van der Waals surface area (Å²) in [5.74, 6) is -4.61. The fraction of sp³-hybridized carbons (Fsp3) is 0.300. The maximum atomic E-state index is 13.1. The van der Waals surface area contributed by atoms with Gasteiger partial charge in [0.25, 0.3) is 0 Å². The first-order valence-corrected chi connectivity index (χ1v) is 4.59. The van der Waals surface area contributed by atoms with Gasteiger partial charge in [0.2, 0.25) is 5.91 Å². The molecule has 1 aromatic carbocycles. The molecule has 0 radical (unpaired) electrons. The molecule has 3 N–H and O–H groups in total. The van der Waals surface area contributed by atoms with E-state index in [0.717, 1.165) is 12.1 Å². The van der Waals surface area contributed by atoms with Crippen molar-refractivity contribution in [2.75, 3.05) is 0 Å². The lowest BCUT2D eigenvalue weighted by Gasteiger charge is -2.08. The minimum absolute atomic E-state index is 0.132. The highest BCUT2D eigenvalue weighted by atomic mass is 19.2. The maximum absolute atomic E-state index is 13.1. The van der Waals surface area contributed by atoms with Crippen LogP contribution in [0.4, 0.5) is 13.2 Å². The van der Waals surface area contributed by atoms with Crippen LogP contribution in [0.1, 0.15) is 12.5 Å². The van der Waals surface area contributed by atoms with Gasteiger partial charge in [0, 0.05) is 12.1 Å². The number of benzene rings is 1. The average molecular weight is 232 g/mol. The van der Waals surface area contributed by atoms with Crippen molar-refractivity contribution in [3.8, 4) is 0 Å². The molecule has 0 saturated heterocycles. The standard InChI is InChI=1S/C10H11F3N2O/c1-5(14)10(16)15-4-6-2-3-7(11)9(13)8(6)12/h2-3,5H,4,14H2,1H3,(H,15,16). The van der Waals surface area contributed by atoms with Crippen LogP contribution in [0.15, 0.2) is 12.1 Å². The minimum Gasteiger partial charge on any atom is -0.351 e. The van der Waals surface area contributed by atoms with Gasteiger partial charge in [-0.25, -0.2) is 13.2 Å². The molecule has 0 fully saturated rings. The Labute approximate surface area is 90.4 Å². The molecule has 0 bridgehead atoms. The molecular weight excluding hydrogens is 221 g/mol. The maximum Gasteiger partial charge on any atom is 0.236 e. The van der Waals surface area contributed by atoms with Crippen LogP contribution in [0.3, 0.4) is 0 Å². The predicted molar refractivity (Wildman–Crippen MR) is 51.8 cm³/mol. The van der Waals surface area contributed by atoms with E-state index in [2.05, 4.69) is 5.32 Å². The Morgan fingerprint density at radius 3 is 2.56 bits per heavy atom. The molecule has 1 atom stereocenters. The van der Waals surface area contributed by atoms with E-state index in [1.54, 1.807) is 0 Å². The normalized spacial score (nSPS) is 12.3. The van der Waals surface area contributed by atoms with Gasteiger partial charge >= 0.3 is 0 Å². The second kappa shape index (κ2) is 4.98. The summed E-state index contributed by atoms with van der Waals surface area (Å²) in [6, 6.07) is 1.12. The van der Waals surface area contributed by atoms with Crippen molar-refractivity contribution in [2.24, 2.45) is 5.73 Å². The monoisotopic (exact) mass is 232 g/mol. The van der Waals surface area contributed by atoms with Crippen LogP contribution in [0.5, 0.6) is 0 Å². The van der Waals surface area contributed by atoms with Gasteiger partial charge < -0.3 is 11.1 Å². The summed E-state index contributed by atoms with van der Waals surface area (Å²) in [6.07, 6.45) is 0. The highest BCUT2D eigenvalue weighted by molar-refractivity contribution is 5.80.